The Morgan fingerprint density at radius 1 is 1.43 bits per heavy atom. The minimum Gasteiger partial charge on any atom is -0.370 e. The molecular weight excluding hydrogens is 271 g/mol. The lowest BCUT2D eigenvalue weighted by molar-refractivity contribution is 0.0916. The summed E-state index contributed by atoms with van der Waals surface area (Å²) in [6.07, 6.45) is 1.11. The molecule has 1 aromatic rings. The van der Waals surface area contributed by atoms with Gasteiger partial charge in [-0.05, 0) is 33.0 Å². The molecule has 1 rings (SSSR count). The van der Waals surface area contributed by atoms with E-state index in [9.17, 15) is 9.18 Å². The predicted molar refractivity (Wildman–Crippen MR) is 83.0 cm³/mol. The largest absolute Gasteiger partial charge is 0.370 e. The Morgan fingerprint density at radius 3 is 2.62 bits per heavy atom. The predicted octanol–water partition coefficient (Wildman–Crippen LogP) is 1.97. The van der Waals surface area contributed by atoms with Gasteiger partial charge in [-0.15, -0.1) is 0 Å². The van der Waals surface area contributed by atoms with E-state index in [0.717, 1.165) is 12.7 Å². The average molecular weight is 296 g/mol. The summed E-state index contributed by atoms with van der Waals surface area (Å²) in [6, 6.07) is 1.21. The molecule has 0 aromatic carbocycles. The normalized spacial score (nSPS) is 12.6. The SMILES string of the molecule is CCNc1ncc(F)cc1C(=O)NC(CN(C)C)C(C)C. The first-order valence-corrected chi connectivity index (χ1v) is 7.20. The van der Waals surface area contributed by atoms with Crippen LogP contribution >= 0.6 is 0 Å². The van der Waals surface area contributed by atoms with Crippen molar-refractivity contribution in [2.45, 2.75) is 26.8 Å². The number of rotatable bonds is 7. The van der Waals surface area contributed by atoms with Gasteiger partial charge in [-0.1, -0.05) is 13.8 Å². The van der Waals surface area contributed by atoms with E-state index in [4.69, 9.17) is 0 Å². The Hall–Kier alpha value is -1.69. The summed E-state index contributed by atoms with van der Waals surface area (Å²) in [6.45, 7) is 7.33. The van der Waals surface area contributed by atoms with Gasteiger partial charge in [-0.25, -0.2) is 9.37 Å². The molecule has 6 heteroatoms. The minimum atomic E-state index is -0.518. The van der Waals surface area contributed by atoms with Crippen LogP contribution < -0.4 is 10.6 Å². The van der Waals surface area contributed by atoms with Crippen molar-refractivity contribution in [2.75, 3.05) is 32.5 Å². The van der Waals surface area contributed by atoms with Crippen LogP contribution in [0.5, 0.6) is 0 Å². The minimum absolute atomic E-state index is 0.00903. The molecule has 118 valence electrons. The Kier molecular flexibility index (Phi) is 6.55. The van der Waals surface area contributed by atoms with Gasteiger partial charge < -0.3 is 15.5 Å². The summed E-state index contributed by atoms with van der Waals surface area (Å²) in [5.41, 5.74) is 0.237. The third-order valence-corrected chi connectivity index (χ3v) is 3.13. The Bertz CT molecular complexity index is 477. The first-order chi connectivity index (χ1) is 9.85. The molecule has 1 heterocycles. The highest BCUT2D eigenvalue weighted by Crippen LogP contribution is 2.14. The molecular formula is C15H25FN4O. The molecule has 2 N–H and O–H groups in total. The van der Waals surface area contributed by atoms with Crippen LogP contribution in [-0.4, -0.2) is 49.0 Å². The Labute approximate surface area is 125 Å². The van der Waals surface area contributed by atoms with Crippen molar-refractivity contribution >= 4 is 11.7 Å². The quantitative estimate of drug-likeness (QED) is 0.808. The monoisotopic (exact) mass is 296 g/mol. The van der Waals surface area contributed by atoms with Gasteiger partial charge in [-0.2, -0.15) is 0 Å². The number of nitrogens with one attached hydrogen (secondary N) is 2. The van der Waals surface area contributed by atoms with Crippen LogP contribution in [0.4, 0.5) is 10.2 Å². The summed E-state index contributed by atoms with van der Waals surface area (Å²) in [4.78, 5) is 18.4. The number of hydrogen-bond acceptors (Lipinski definition) is 4. The van der Waals surface area contributed by atoms with Crippen LogP contribution in [0.25, 0.3) is 0 Å². The van der Waals surface area contributed by atoms with Crippen molar-refractivity contribution in [2.24, 2.45) is 5.92 Å². The van der Waals surface area contributed by atoms with Gasteiger partial charge in [0, 0.05) is 19.1 Å². The molecule has 1 atom stereocenters. The molecule has 0 aliphatic carbocycles. The fraction of sp³-hybridized carbons (Fsp3) is 0.600. The number of hydrogen-bond donors (Lipinski definition) is 2. The summed E-state index contributed by atoms with van der Waals surface area (Å²) in [5.74, 6) is -0.141. The molecule has 0 saturated carbocycles. The number of carbonyl (C=O) groups is 1. The highest BCUT2D eigenvalue weighted by molar-refractivity contribution is 5.98. The van der Waals surface area contributed by atoms with E-state index in [-0.39, 0.29) is 23.4 Å². The van der Waals surface area contributed by atoms with E-state index in [2.05, 4.69) is 15.6 Å². The molecule has 1 amide bonds. The standard InChI is InChI=1S/C15H25FN4O/c1-6-17-14-12(7-11(16)8-18-14)15(21)19-13(10(2)3)9-20(4)5/h7-8,10,13H,6,9H2,1-5H3,(H,17,18)(H,19,21). The highest BCUT2D eigenvalue weighted by atomic mass is 19.1. The van der Waals surface area contributed by atoms with Gasteiger partial charge in [0.05, 0.1) is 11.8 Å². The van der Waals surface area contributed by atoms with E-state index < -0.39 is 5.82 Å². The number of pyridine rings is 1. The third-order valence-electron chi connectivity index (χ3n) is 3.13. The molecule has 21 heavy (non-hydrogen) atoms. The lowest BCUT2D eigenvalue weighted by Gasteiger charge is -2.26. The number of anilines is 1. The molecule has 5 nitrogen and oxygen atoms in total. The van der Waals surface area contributed by atoms with Crippen LogP contribution in [0.1, 0.15) is 31.1 Å². The Morgan fingerprint density at radius 2 is 2.10 bits per heavy atom. The maximum absolute atomic E-state index is 13.4. The molecule has 0 aliphatic rings. The molecule has 0 fully saturated rings. The lowest BCUT2D eigenvalue weighted by atomic mass is 10.0. The second-order valence-corrected chi connectivity index (χ2v) is 5.67. The van der Waals surface area contributed by atoms with Gasteiger partial charge in [0.1, 0.15) is 11.6 Å². The zero-order valence-corrected chi connectivity index (χ0v) is 13.4. The molecule has 0 aliphatic heterocycles. The summed E-state index contributed by atoms with van der Waals surface area (Å²) in [5, 5.41) is 5.94. The van der Waals surface area contributed by atoms with E-state index in [1.807, 2.05) is 39.8 Å². The van der Waals surface area contributed by atoms with Crippen LogP contribution in [0, 0.1) is 11.7 Å². The van der Waals surface area contributed by atoms with Crippen LogP contribution in [0.15, 0.2) is 12.3 Å². The average Bonchev–Trinajstić information content (AvgIpc) is 2.39. The summed E-state index contributed by atoms with van der Waals surface area (Å²) < 4.78 is 13.4. The molecule has 0 spiro atoms. The molecule has 1 unspecified atom stereocenters. The van der Waals surface area contributed by atoms with Crippen LogP contribution in [-0.2, 0) is 0 Å². The zero-order valence-electron chi connectivity index (χ0n) is 13.4. The second-order valence-electron chi connectivity index (χ2n) is 5.67. The zero-order chi connectivity index (χ0) is 16.0. The first kappa shape index (κ1) is 17.4. The number of nitrogens with zero attached hydrogens (tertiary/aromatic N) is 2. The maximum atomic E-state index is 13.4. The Balaban J connectivity index is 2.93. The number of likely N-dealkylation sites (N-methyl/N-ethyl adjacent to an activating group) is 1. The van der Waals surface area contributed by atoms with Gasteiger partial charge in [0.25, 0.3) is 5.91 Å². The van der Waals surface area contributed by atoms with Gasteiger partial charge in [0.15, 0.2) is 0 Å². The van der Waals surface area contributed by atoms with Gasteiger partial charge in [-0.3, -0.25) is 4.79 Å². The maximum Gasteiger partial charge on any atom is 0.255 e. The van der Waals surface area contributed by atoms with E-state index in [1.165, 1.54) is 6.07 Å². The van der Waals surface area contributed by atoms with Crippen molar-refractivity contribution in [3.05, 3.63) is 23.6 Å². The third kappa shape index (κ3) is 5.30. The number of halogens is 1. The van der Waals surface area contributed by atoms with Crippen molar-refractivity contribution < 1.29 is 9.18 Å². The molecule has 0 radical (unpaired) electrons. The highest BCUT2D eigenvalue weighted by Gasteiger charge is 2.20. The fourth-order valence-electron chi connectivity index (χ4n) is 1.98. The number of amides is 1. The van der Waals surface area contributed by atoms with Crippen molar-refractivity contribution in [3.8, 4) is 0 Å². The fourth-order valence-corrected chi connectivity index (χ4v) is 1.98. The summed E-state index contributed by atoms with van der Waals surface area (Å²) in [7, 11) is 3.91. The lowest BCUT2D eigenvalue weighted by Crippen LogP contribution is -2.45. The first-order valence-electron chi connectivity index (χ1n) is 7.20. The van der Waals surface area contributed by atoms with E-state index in [0.29, 0.717) is 12.4 Å². The topological polar surface area (TPSA) is 57.3 Å². The van der Waals surface area contributed by atoms with Crippen molar-refractivity contribution in [1.29, 1.82) is 0 Å². The number of carbonyl (C=O) groups excluding carboxylic acids is 1. The van der Waals surface area contributed by atoms with Crippen molar-refractivity contribution in [3.63, 3.8) is 0 Å². The van der Waals surface area contributed by atoms with Crippen LogP contribution in [0.2, 0.25) is 0 Å². The van der Waals surface area contributed by atoms with E-state index >= 15 is 0 Å². The molecule has 0 bridgehead atoms. The smallest absolute Gasteiger partial charge is 0.255 e. The van der Waals surface area contributed by atoms with Crippen molar-refractivity contribution in [1.82, 2.24) is 15.2 Å². The molecule has 1 aromatic heterocycles. The number of aromatic nitrogens is 1. The van der Waals surface area contributed by atoms with Crippen LogP contribution in [0.3, 0.4) is 0 Å². The second kappa shape index (κ2) is 7.93. The molecule has 0 saturated heterocycles. The van der Waals surface area contributed by atoms with Gasteiger partial charge >= 0.3 is 0 Å². The summed E-state index contributed by atoms with van der Waals surface area (Å²) >= 11 is 0. The van der Waals surface area contributed by atoms with Gasteiger partial charge in [0.2, 0.25) is 0 Å². The van der Waals surface area contributed by atoms with E-state index in [1.54, 1.807) is 0 Å².